The van der Waals surface area contributed by atoms with Crippen molar-refractivity contribution >= 4 is 12.2 Å². The SMILES string of the molecule is COc1cc(OC)c(F)c(COc2cnc(NC(C=NCCN3CCNCC3)=CN)nc2)c1F. The van der Waals surface area contributed by atoms with Gasteiger partial charge in [-0.2, -0.15) is 0 Å². The summed E-state index contributed by atoms with van der Waals surface area (Å²) in [4.78, 5) is 15.0. The van der Waals surface area contributed by atoms with Gasteiger partial charge in [-0.15, -0.1) is 0 Å². The molecule has 0 radical (unpaired) electrons. The molecule has 10 nitrogen and oxygen atoms in total. The molecule has 1 aromatic heterocycles. The monoisotopic (exact) mass is 477 g/mol. The molecule has 1 fully saturated rings. The Morgan fingerprint density at radius 3 is 2.41 bits per heavy atom. The van der Waals surface area contributed by atoms with E-state index >= 15 is 0 Å². The molecular weight excluding hydrogens is 448 g/mol. The fourth-order valence-corrected chi connectivity index (χ4v) is 3.22. The summed E-state index contributed by atoms with van der Waals surface area (Å²) in [7, 11) is 2.56. The van der Waals surface area contributed by atoms with Gasteiger partial charge < -0.3 is 30.6 Å². The molecular formula is C22H29F2N7O3. The normalized spacial score (nSPS) is 14.9. The third-order valence-electron chi connectivity index (χ3n) is 5.10. The second-order valence-electron chi connectivity index (χ2n) is 7.29. The van der Waals surface area contributed by atoms with Crippen molar-refractivity contribution in [1.82, 2.24) is 20.2 Å². The Morgan fingerprint density at radius 2 is 1.82 bits per heavy atom. The van der Waals surface area contributed by atoms with Gasteiger partial charge in [0.2, 0.25) is 5.95 Å². The van der Waals surface area contributed by atoms with E-state index in [0.29, 0.717) is 12.2 Å². The van der Waals surface area contributed by atoms with Crippen LogP contribution in [0.1, 0.15) is 5.56 Å². The number of ether oxygens (including phenoxy) is 3. The second kappa shape index (κ2) is 12.7. The molecule has 12 heteroatoms. The third-order valence-corrected chi connectivity index (χ3v) is 5.10. The lowest BCUT2D eigenvalue weighted by molar-refractivity contribution is 0.248. The number of nitrogens with two attached hydrogens (primary N) is 1. The highest BCUT2D eigenvalue weighted by molar-refractivity contribution is 5.81. The van der Waals surface area contributed by atoms with E-state index in [4.69, 9.17) is 19.9 Å². The van der Waals surface area contributed by atoms with Crippen molar-refractivity contribution < 1.29 is 23.0 Å². The van der Waals surface area contributed by atoms with Gasteiger partial charge in [-0.25, -0.2) is 18.7 Å². The second-order valence-corrected chi connectivity index (χ2v) is 7.29. The molecule has 1 aliphatic heterocycles. The molecule has 0 amide bonds. The summed E-state index contributed by atoms with van der Waals surface area (Å²) >= 11 is 0. The molecule has 4 N–H and O–H groups in total. The van der Waals surface area contributed by atoms with Crippen LogP contribution in [0.2, 0.25) is 0 Å². The van der Waals surface area contributed by atoms with Crippen LogP contribution >= 0.6 is 0 Å². The number of rotatable bonds is 11. The van der Waals surface area contributed by atoms with E-state index in [-0.39, 0.29) is 28.8 Å². The topological polar surface area (TPSA) is 119 Å². The number of methoxy groups -OCH3 is 2. The average molecular weight is 478 g/mol. The number of aliphatic imine (C=N–C) groups is 1. The summed E-state index contributed by atoms with van der Waals surface area (Å²) < 4.78 is 44.2. The number of anilines is 1. The molecule has 34 heavy (non-hydrogen) atoms. The van der Waals surface area contributed by atoms with Crippen LogP contribution in [0.3, 0.4) is 0 Å². The first-order valence-electron chi connectivity index (χ1n) is 10.7. The maximum Gasteiger partial charge on any atom is 0.227 e. The number of benzene rings is 1. The molecule has 0 atom stereocenters. The molecule has 1 aliphatic rings. The predicted octanol–water partition coefficient (Wildman–Crippen LogP) is 1.54. The number of piperazine rings is 1. The van der Waals surface area contributed by atoms with Crippen LogP contribution in [0, 0.1) is 11.6 Å². The van der Waals surface area contributed by atoms with Gasteiger partial charge in [-0.1, -0.05) is 0 Å². The number of hydrogen-bond acceptors (Lipinski definition) is 10. The van der Waals surface area contributed by atoms with Gasteiger partial charge >= 0.3 is 0 Å². The van der Waals surface area contributed by atoms with Crippen molar-refractivity contribution in [2.24, 2.45) is 10.7 Å². The van der Waals surface area contributed by atoms with Crippen molar-refractivity contribution in [3.05, 3.63) is 47.6 Å². The summed E-state index contributed by atoms with van der Waals surface area (Å²) in [6, 6.07) is 1.13. The predicted molar refractivity (Wildman–Crippen MR) is 124 cm³/mol. The summed E-state index contributed by atoms with van der Waals surface area (Å²) in [5.74, 6) is -1.55. The Labute approximate surface area is 196 Å². The van der Waals surface area contributed by atoms with Crippen molar-refractivity contribution in [3.8, 4) is 17.2 Å². The minimum atomic E-state index is -0.867. The van der Waals surface area contributed by atoms with E-state index in [0.717, 1.165) is 38.8 Å². The van der Waals surface area contributed by atoms with E-state index in [9.17, 15) is 8.78 Å². The Kier molecular flexibility index (Phi) is 9.35. The molecule has 0 unspecified atom stereocenters. The maximum absolute atomic E-state index is 14.5. The highest BCUT2D eigenvalue weighted by atomic mass is 19.1. The zero-order valence-corrected chi connectivity index (χ0v) is 19.2. The molecule has 0 spiro atoms. The number of hydrogen-bond donors (Lipinski definition) is 3. The molecule has 1 saturated heterocycles. The fourth-order valence-electron chi connectivity index (χ4n) is 3.22. The van der Waals surface area contributed by atoms with E-state index in [1.54, 1.807) is 6.21 Å². The van der Waals surface area contributed by atoms with E-state index in [1.807, 2.05) is 0 Å². The van der Waals surface area contributed by atoms with Gasteiger partial charge in [-0.3, -0.25) is 9.89 Å². The fraction of sp³-hybridized carbons (Fsp3) is 0.409. The van der Waals surface area contributed by atoms with Crippen LogP contribution in [-0.4, -0.2) is 74.6 Å². The number of nitrogens with one attached hydrogen (secondary N) is 2. The van der Waals surface area contributed by atoms with E-state index in [2.05, 4.69) is 30.5 Å². The standard InChI is InChI=1S/C22H29F2N7O3/c1-32-18-9-19(33-2)21(24)17(20(18)23)14-34-16-12-28-22(29-13-16)30-15(10-25)11-27-5-8-31-6-3-26-4-7-31/h9-13,26H,3-8,14,25H2,1-2H3,(H,28,29,30). The van der Waals surface area contributed by atoms with Gasteiger partial charge in [0.1, 0.15) is 6.61 Å². The first-order chi connectivity index (χ1) is 16.5. The van der Waals surface area contributed by atoms with Crippen LogP contribution in [0.15, 0.2) is 35.3 Å². The van der Waals surface area contributed by atoms with Crippen molar-refractivity contribution in [2.75, 3.05) is 58.8 Å². The summed E-state index contributed by atoms with van der Waals surface area (Å²) in [5, 5.41) is 6.26. The van der Waals surface area contributed by atoms with E-state index < -0.39 is 18.2 Å². The molecule has 0 bridgehead atoms. The lowest BCUT2D eigenvalue weighted by Gasteiger charge is -2.26. The minimum absolute atomic E-state index is 0.150. The van der Waals surface area contributed by atoms with Crippen molar-refractivity contribution in [3.63, 3.8) is 0 Å². The highest BCUT2D eigenvalue weighted by Crippen LogP contribution is 2.31. The van der Waals surface area contributed by atoms with Crippen LogP contribution in [-0.2, 0) is 6.61 Å². The lowest BCUT2D eigenvalue weighted by Crippen LogP contribution is -2.44. The number of aromatic nitrogens is 2. The van der Waals surface area contributed by atoms with Gasteiger partial charge in [-0.05, 0) is 0 Å². The minimum Gasteiger partial charge on any atom is -0.494 e. The average Bonchev–Trinajstić information content (AvgIpc) is 2.87. The van der Waals surface area contributed by atoms with Crippen molar-refractivity contribution in [2.45, 2.75) is 6.61 Å². The Bertz CT molecular complexity index is 969. The zero-order valence-electron chi connectivity index (χ0n) is 19.2. The molecule has 3 rings (SSSR count). The van der Waals surface area contributed by atoms with Gasteiger partial charge in [0.15, 0.2) is 28.9 Å². The molecule has 0 aliphatic carbocycles. The van der Waals surface area contributed by atoms with Crippen LogP contribution in [0.25, 0.3) is 0 Å². The summed E-state index contributed by atoms with van der Waals surface area (Å²) in [5.41, 5.74) is 5.86. The summed E-state index contributed by atoms with van der Waals surface area (Å²) in [6.07, 6.45) is 5.73. The number of nitrogens with zero attached hydrogens (tertiary/aromatic N) is 4. The van der Waals surface area contributed by atoms with Crippen molar-refractivity contribution in [1.29, 1.82) is 0 Å². The highest BCUT2D eigenvalue weighted by Gasteiger charge is 2.20. The third kappa shape index (κ3) is 6.75. The molecule has 1 aromatic carbocycles. The molecule has 2 heterocycles. The van der Waals surface area contributed by atoms with Crippen LogP contribution in [0.5, 0.6) is 17.2 Å². The van der Waals surface area contributed by atoms with Gasteiger partial charge in [0.25, 0.3) is 0 Å². The molecule has 0 saturated carbocycles. The van der Waals surface area contributed by atoms with Crippen LogP contribution < -0.4 is 30.6 Å². The van der Waals surface area contributed by atoms with E-state index in [1.165, 1.54) is 32.8 Å². The Morgan fingerprint density at radius 1 is 1.18 bits per heavy atom. The maximum atomic E-state index is 14.5. The Balaban J connectivity index is 1.54. The number of allylic oxidation sites excluding steroid dienone is 1. The Hall–Kier alpha value is -3.51. The lowest BCUT2D eigenvalue weighted by atomic mass is 10.1. The quantitative estimate of drug-likeness (QED) is 0.414. The van der Waals surface area contributed by atoms with Gasteiger partial charge in [0, 0.05) is 51.2 Å². The van der Waals surface area contributed by atoms with Crippen LogP contribution in [0.4, 0.5) is 14.7 Å². The largest absolute Gasteiger partial charge is 0.494 e. The molecule has 184 valence electrons. The smallest absolute Gasteiger partial charge is 0.227 e. The number of halogens is 2. The first kappa shape index (κ1) is 25.1. The summed E-state index contributed by atoms with van der Waals surface area (Å²) in [6.45, 7) is 5.13. The molecule has 2 aromatic rings. The van der Waals surface area contributed by atoms with Gasteiger partial charge in [0.05, 0.1) is 44.4 Å². The first-order valence-corrected chi connectivity index (χ1v) is 10.7. The zero-order chi connectivity index (χ0) is 24.3.